The van der Waals surface area contributed by atoms with Gasteiger partial charge in [0.15, 0.2) is 0 Å². The van der Waals surface area contributed by atoms with Crippen LogP contribution in [0.5, 0.6) is 0 Å². The second-order valence-electron chi connectivity index (χ2n) is 8.79. The van der Waals surface area contributed by atoms with Crippen molar-refractivity contribution in [1.29, 1.82) is 0 Å². The first kappa shape index (κ1) is 20.4. The van der Waals surface area contributed by atoms with Crippen LogP contribution in [0.4, 0.5) is 0 Å². The highest BCUT2D eigenvalue weighted by atomic mass is 16.2. The minimum atomic E-state index is -0.392. The van der Waals surface area contributed by atoms with Crippen molar-refractivity contribution in [1.82, 2.24) is 19.8 Å². The Morgan fingerprint density at radius 2 is 1.50 bits per heavy atom. The van der Waals surface area contributed by atoms with Gasteiger partial charge in [-0.25, -0.2) is 4.98 Å². The summed E-state index contributed by atoms with van der Waals surface area (Å²) in [6.07, 6.45) is 0.437. The molecule has 4 rings (SSSR count). The number of aromatic amines is 1. The van der Waals surface area contributed by atoms with E-state index in [4.69, 9.17) is 4.98 Å². The van der Waals surface area contributed by atoms with Crippen molar-refractivity contribution in [3.63, 3.8) is 0 Å². The fraction of sp³-hybridized carbons (Fsp3) is 0.360. The zero-order valence-corrected chi connectivity index (χ0v) is 18.1. The van der Waals surface area contributed by atoms with Crippen molar-refractivity contribution in [2.45, 2.75) is 25.7 Å². The van der Waals surface area contributed by atoms with Crippen LogP contribution in [0.3, 0.4) is 0 Å². The first-order chi connectivity index (χ1) is 14.4. The standard InChI is InChI=1S/C25H30N4O/c1-25(2,18-21(30)29-16-14-28(3)15-17-29)24-26-22(19-10-6-4-7-11-19)23(27-24)20-12-8-5-9-13-20/h4-13H,14-18H2,1-3H3,(H,26,27). The van der Waals surface area contributed by atoms with Gasteiger partial charge in [0, 0.05) is 49.1 Å². The third kappa shape index (κ3) is 4.31. The lowest BCUT2D eigenvalue weighted by molar-refractivity contribution is -0.134. The molecule has 1 saturated heterocycles. The Kier molecular flexibility index (Phi) is 5.73. The molecule has 1 aliphatic rings. The third-order valence-corrected chi connectivity index (χ3v) is 5.90. The molecule has 2 aromatic carbocycles. The Bertz CT molecular complexity index is 930. The number of nitrogens with zero attached hydrogens (tertiary/aromatic N) is 3. The van der Waals surface area contributed by atoms with Gasteiger partial charge >= 0.3 is 0 Å². The van der Waals surface area contributed by atoms with Gasteiger partial charge in [-0.3, -0.25) is 4.79 Å². The maximum atomic E-state index is 13.0. The fourth-order valence-corrected chi connectivity index (χ4v) is 3.94. The molecular weight excluding hydrogens is 372 g/mol. The molecular formula is C25H30N4O. The van der Waals surface area contributed by atoms with Crippen molar-refractivity contribution in [3.05, 3.63) is 66.5 Å². The molecule has 30 heavy (non-hydrogen) atoms. The Labute approximate surface area is 178 Å². The lowest BCUT2D eigenvalue weighted by Gasteiger charge is -2.34. The molecule has 1 fully saturated rings. The van der Waals surface area contributed by atoms with Crippen molar-refractivity contribution >= 4 is 5.91 Å². The van der Waals surface area contributed by atoms with E-state index in [2.05, 4.69) is 55.0 Å². The third-order valence-electron chi connectivity index (χ3n) is 5.90. The second kappa shape index (κ2) is 8.44. The van der Waals surface area contributed by atoms with Crippen LogP contribution in [0.2, 0.25) is 0 Å². The zero-order chi connectivity index (χ0) is 21.1. The zero-order valence-electron chi connectivity index (χ0n) is 18.1. The minimum Gasteiger partial charge on any atom is -0.341 e. The summed E-state index contributed by atoms with van der Waals surface area (Å²) in [5, 5.41) is 0. The lowest BCUT2D eigenvalue weighted by atomic mass is 9.87. The normalized spacial score (nSPS) is 15.4. The summed E-state index contributed by atoms with van der Waals surface area (Å²) in [5.74, 6) is 1.05. The van der Waals surface area contributed by atoms with Gasteiger partial charge < -0.3 is 14.8 Å². The number of likely N-dealkylation sites (N-methyl/N-ethyl adjacent to an activating group) is 1. The first-order valence-electron chi connectivity index (χ1n) is 10.6. The number of hydrogen-bond donors (Lipinski definition) is 1. The van der Waals surface area contributed by atoms with E-state index >= 15 is 0 Å². The van der Waals surface area contributed by atoms with Gasteiger partial charge in [-0.15, -0.1) is 0 Å². The van der Waals surface area contributed by atoms with E-state index in [1.807, 2.05) is 41.3 Å². The number of rotatable bonds is 5. The average Bonchev–Trinajstić information content (AvgIpc) is 3.22. The molecule has 0 unspecified atom stereocenters. The van der Waals surface area contributed by atoms with Crippen molar-refractivity contribution < 1.29 is 4.79 Å². The van der Waals surface area contributed by atoms with Crippen LogP contribution in [-0.2, 0) is 10.2 Å². The number of aromatic nitrogens is 2. The molecule has 1 N–H and O–H groups in total. The highest BCUT2D eigenvalue weighted by Crippen LogP contribution is 2.35. The highest BCUT2D eigenvalue weighted by Gasteiger charge is 2.32. The van der Waals surface area contributed by atoms with Gasteiger partial charge in [0.1, 0.15) is 5.82 Å². The van der Waals surface area contributed by atoms with Crippen molar-refractivity contribution in [2.75, 3.05) is 33.2 Å². The monoisotopic (exact) mass is 402 g/mol. The average molecular weight is 403 g/mol. The number of H-pyrrole nitrogens is 1. The van der Waals surface area contributed by atoms with Crippen LogP contribution in [0.1, 0.15) is 26.1 Å². The Balaban J connectivity index is 1.65. The van der Waals surface area contributed by atoms with Crippen LogP contribution >= 0.6 is 0 Å². The molecule has 1 aliphatic heterocycles. The van der Waals surface area contributed by atoms with E-state index in [0.29, 0.717) is 6.42 Å². The number of nitrogens with one attached hydrogen (secondary N) is 1. The molecule has 3 aromatic rings. The number of benzene rings is 2. The molecule has 1 amide bonds. The summed E-state index contributed by atoms with van der Waals surface area (Å²) in [5.41, 5.74) is 3.70. The summed E-state index contributed by atoms with van der Waals surface area (Å²) >= 11 is 0. The van der Waals surface area contributed by atoms with E-state index < -0.39 is 5.41 Å². The first-order valence-corrected chi connectivity index (χ1v) is 10.6. The van der Waals surface area contributed by atoms with Gasteiger partial charge in [-0.1, -0.05) is 74.5 Å². The number of imidazole rings is 1. The van der Waals surface area contributed by atoms with Gasteiger partial charge in [-0.2, -0.15) is 0 Å². The molecule has 0 bridgehead atoms. The molecule has 156 valence electrons. The Morgan fingerprint density at radius 1 is 0.933 bits per heavy atom. The quantitative estimate of drug-likeness (QED) is 0.696. The van der Waals surface area contributed by atoms with Crippen LogP contribution in [0, 0.1) is 0 Å². The molecule has 5 heteroatoms. The fourth-order valence-electron chi connectivity index (χ4n) is 3.94. The minimum absolute atomic E-state index is 0.201. The summed E-state index contributed by atoms with van der Waals surface area (Å²) in [6, 6.07) is 20.5. The molecule has 5 nitrogen and oxygen atoms in total. The van der Waals surface area contributed by atoms with Gasteiger partial charge in [-0.05, 0) is 7.05 Å². The van der Waals surface area contributed by atoms with Gasteiger partial charge in [0.2, 0.25) is 5.91 Å². The van der Waals surface area contributed by atoms with Crippen molar-refractivity contribution in [3.8, 4) is 22.5 Å². The maximum absolute atomic E-state index is 13.0. The molecule has 0 atom stereocenters. The summed E-state index contributed by atoms with van der Waals surface area (Å²) < 4.78 is 0. The molecule has 0 spiro atoms. The van der Waals surface area contributed by atoms with Gasteiger partial charge in [0.25, 0.3) is 0 Å². The molecule has 0 radical (unpaired) electrons. The molecule has 0 aliphatic carbocycles. The highest BCUT2D eigenvalue weighted by molar-refractivity contribution is 5.80. The van der Waals surface area contributed by atoms with E-state index in [1.54, 1.807) is 0 Å². The Hall–Kier alpha value is -2.92. The molecule has 1 aromatic heterocycles. The van der Waals surface area contributed by atoms with Crippen LogP contribution < -0.4 is 0 Å². The lowest BCUT2D eigenvalue weighted by Crippen LogP contribution is -2.48. The van der Waals surface area contributed by atoms with Crippen molar-refractivity contribution in [2.24, 2.45) is 0 Å². The number of carbonyl (C=O) groups is 1. The summed E-state index contributed by atoms with van der Waals surface area (Å²) in [6.45, 7) is 7.67. The van der Waals surface area contributed by atoms with E-state index in [9.17, 15) is 4.79 Å². The largest absolute Gasteiger partial charge is 0.341 e. The predicted octanol–water partition coefficient (Wildman–Crippen LogP) is 4.19. The van der Waals surface area contributed by atoms with E-state index in [0.717, 1.165) is 54.5 Å². The van der Waals surface area contributed by atoms with Crippen LogP contribution in [0.25, 0.3) is 22.5 Å². The topological polar surface area (TPSA) is 52.2 Å². The molecule has 0 saturated carbocycles. The number of piperazine rings is 1. The van der Waals surface area contributed by atoms with Gasteiger partial charge in [0.05, 0.1) is 11.4 Å². The summed E-state index contributed by atoms with van der Waals surface area (Å²) in [7, 11) is 2.10. The SMILES string of the molecule is CN1CCN(C(=O)CC(C)(C)c2nc(-c3ccccc3)c(-c3ccccc3)[nH]2)CC1. The molecule has 2 heterocycles. The summed E-state index contributed by atoms with van der Waals surface area (Å²) in [4.78, 5) is 25.8. The number of carbonyl (C=O) groups excluding carboxylic acids is 1. The Morgan fingerprint density at radius 3 is 2.10 bits per heavy atom. The predicted molar refractivity (Wildman–Crippen MR) is 121 cm³/mol. The number of hydrogen-bond acceptors (Lipinski definition) is 3. The smallest absolute Gasteiger partial charge is 0.223 e. The number of amides is 1. The second-order valence-corrected chi connectivity index (χ2v) is 8.79. The van der Waals surface area contributed by atoms with Crippen LogP contribution in [0.15, 0.2) is 60.7 Å². The van der Waals surface area contributed by atoms with E-state index in [1.165, 1.54) is 0 Å². The van der Waals surface area contributed by atoms with E-state index in [-0.39, 0.29) is 5.91 Å². The van der Waals surface area contributed by atoms with Crippen LogP contribution in [-0.4, -0.2) is 58.9 Å². The maximum Gasteiger partial charge on any atom is 0.223 e.